The lowest BCUT2D eigenvalue weighted by atomic mass is 9.84. The van der Waals surface area contributed by atoms with E-state index in [4.69, 9.17) is 14.2 Å². The molecule has 2 heterocycles. The summed E-state index contributed by atoms with van der Waals surface area (Å²) < 4.78 is 18.2. The van der Waals surface area contributed by atoms with Crippen molar-refractivity contribution in [2.75, 3.05) is 13.2 Å². The highest BCUT2D eigenvalue weighted by Gasteiger charge is 2.48. The molecule has 0 radical (unpaired) electrons. The van der Waals surface area contributed by atoms with Gasteiger partial charge in [0.15, 0.2) is 0 Å². The molecule has 5 rings (SSSR count). The number of esters is 1. The molecule has 36 heavy (non-hydrogen) atoms. The molecule has 0 bridgehead atoms. The Labute approximate surface area is 216 Å². The highest BCUT2D eigenvalue weighted by atomic mass is 16.6. The van der Waals surface area contributed by atoms with Gasteiger partial charge in [-0.2, -0.15) is 0 Å². The predicted molar refractivity (Wildman–Crippen MR) is 143 cm³/mol. The summed E-state index contributed by atoms with van der Waals surface area (Å²) in [6.45, 7) is 3.90. The van der Waals surface area contributed by atoms with Gasteiger partial charge in [-0.3, -0.25) is 0 Å². The third-order valence-electron chi connectivity index (χ3n) is 8.38. The number of hydrogen-bond donors (Lipinski definition) is 0. The molecule has 5 atom stereocenters. The van der Waals surface area contributed by atoms with Crippen LogP contribution < -0.4 is 0 Å². The zero-order chi connectivity index (χ0) is 24.8. The molecular weight excluding hydrogens is 448 g/mol. The van der Waals surface area contributed by atoms with E-state index >= 15 is 0 Å². The topological polar surface area (TPSA) is 44.8 Å². The van der Waals surface area contributed by atoms with E-state index in [-0.39, 0.29) is 29.7 Å². The number of fused-ring (bicyclic) bond motifs is 1. The summed E-state index contributed by atoms with van der Waals surface area (Å²) in [4.78, 5) is 13.1. The van der Waals surface area contributed by atoms with Crippen molar-refractivity contribution in [1.82, 2.24) is 0 Å². The maximum atomic E-state index is 13.1. The summed E-state index contributed by atoms with van der Waals surface area (Å²) in [5.74, 6) is 0.357. The standard InChI is InChI=1S/C32H40O4/c1-2-3-4-5-9-18-32(20-22-35-32)19-16-27-28-17-21-34-29(28)23-30(27)36-31(33)26-14-12-25(13-15-26)24-10-7-6-8-11-24/h6-8,10-16,19,27-30H,2-5,9,17-18,20-23H2,1H3/b19-16+/t27-,28-,29+,30-,32?/m1/s1. The maximum absolute atomic E-state index is 13.1. The molecule has 1 aliphatic carbocycles. The molecule has 3 aliphatic rings. The smallest absolute Gasteiger partial charge is 0.338 e. The Kier molecular flexibility index (Phi) is 8.23. The summed E-state index contributed by atoms with van der Waals surface area (Å²) in [6, 6.07) is 17.9. The van der Waals surface area contributed by atoms with E-state index in [9.17, 15) is 4.79 Å². The third-order valence-corrected chi connectivity index (χ3v) is 8.38. The van der Waals surface area contributed by atoms with Gasteiger partial charge in [0.05, 0.1) is 23.9 Å². The average Bonchev–Trinajstić information content (AvgIpc) is 3.47. The first-order chi connectivity index (χ1) is 17.7. The van der Waals surface area contributed by atoms with Crippen molar-refractivity contribution in [2.24, 2.45) is 11.8 Å². The number of benzene rings is 2. The van der Waals surface area contributed by atoms with Crippen molar-refractivity contribution in [3.63, 3.8) is 0 Å². The van der Waals surface area contributed by atoms with Crippen LogP contribution in [0.25, 0.3) is 11.1 Å². The first-order valence-electron chi connectivity index (χ1n) is 14.0. The van der Waals surface area contributed by atoms with Gasteiger partial charge in [0.25, 0.3) is 0 Å². The zero-order valence-corrected chi connectivity index (χ0v) is 21.6. The summed E-state index contributed by atoms with van der Waals surface area (Å²) in [5, 5.41) is 0. The number of rotatable bonds is 11. The monoisotopic (exact) mass is 488 g/mol. The van der Waals surface area contributed by atoms with Crippen molar-refractivity contribution in [3.05, 3.63) is 72.3 Å². The Hall–Kier alpha value is -2.43. The molecule has 2 aromatic rings. The summed E-state index contributed by atoms with van der Waals surface area (Å²) in [5.41, 5.74) is 2.71. The van der Waals surface area contributed by atoms with Gasteiger partial charge < -0.3 is 14.2 Å². The molecular formula is C32H40O4. The second-order valence-corrected chi connectivity index (χ2v) is 10.7. The Balaban J connectivity index is 1.23. The van der Waals surface area contributed by atoms with Crippen LogP contribution in [0.1, 0.15) is 75.1 Å². The van der Waals surface area contributed by atoms with Crippen LogP contribution in [0, 0.1) is 11.8 Å². The molecule has 2 aromatic carbocycles. The van der Waals surface area contributed by atoms with E-state index in [2.05, 4.69) is 31.2 Å². The van der Waals surface area contributed by atoms with Gasteiger partial charge in [0.2, 0.25) is 0 Å². The molecule has 192 valence electrons. The fourth-order valence-corrected chi connectivity index (χ4v) is 6.13. The lowest BCUT2D eigenvalue weighted by Gasteiger charge is -2.40. The van der Waals surface area contributed by atoms with Crippen molar-refractivity contribution in [3.8, 4) is 11.1 Å². The highest BCUT2D eigenvalue weighted by molar-refractivity contribution is 5.90. The highest BCUT2D eigenvalue weighted by Crippen LogP contribution is 2.44. The predicted octanol–water partition coefficient (Wildman–Crippen LogP) is 7.38. The molecule has 2 saturated heterocycles. The number of ether oxygens (including phenoxy) is 3. The summed E-state index contributed by atoms with van der Waals surface area (Å²) in [7, 11) is 0. The number of carbonyl (C=O) groups is 1. The molecule has 0 N–H and O–H groups in total. The second kappa shape index (κ2) is 11.7. The lowest BCUT2D eigenvalue weighted by Crippen LogP contribution is -2.42. The van der Waals surface area contributed by atoms with Crippen LogP contribution in [-0.4, -0.2) is 37.0 Å². The van der Waals surface area contributed by atoms with Crippen LogP contribution in [0.2, 0.25) is 0 Å². The minimum atomic E-state index is -0.247. The Bertz CT molecular complexity index is 1010. The van der Waals surface area contributed by atoms with Crippen molar-refractivity contribution in [2.45, 2.75) is 82.5 Å². The van der Waals surface area contributed by atoms with Gasteiger partial charge >= 0.3 is 5.97 Å². The fourth-order valence-electron chi connectivity index (χ4n) is 6.13. The Morgan fingerprint density at radius 1 is 1.00 bits per heavy atom. The molecule has 0 spiro atoms. The first-order valence-corrected chi connectivity index (χ1v) is 14.0. The average molecular weight is 489 g/mol. The van der Waals surface area contributed by atoms with Crippen molar-refractivity contribution >= 4 is 5.97 Å². The molecule has 1 unspecified atom stereocenters. The molecule has 1 saturated carbocycles. The second-order valence-electron chi connectivity index (χ2n) is 10.7. The molecule has 0 amide bonds. The number of unbranched alkanes of at least 4 members (excludes halogenated alkanes) is 4. The maximum Gasteiger partial charge on any atom is 0.338 e. The van der Waals surface area contributed by atoms with E-state index in [1.54, 1.807) is 0 Å². The third kappa shape index (κ3) is 5.76. The Morgan fingerprint density at radius 3 is 2.47 bits per heavy atom. The van der Waals surface area contributed by atoms with Crippen molar-refractivity contribution < 1.29 is 19.0 Å². The fraction of sp³-hybridized carbons (Fsp3) is 0.531. The first kappa shape index (κ1) is 25.2. The van der Waals surface area contributed by atoms with E-state index in [0.29, 0.717) is 11.5 Å². The Morgan fingerprint density at radius 2 is 1.75 bits per heavy atom. The van der Waals surface area contributed by atoms with Crippen LogP contribution in [0.3, 0.4) is 0 Å². The minimum absolute atomic E-state index is 0.119. The quantitative estimate of drug-likeness (QED) is 0.188. The normalized spacial score (nSPS) is 29.2. The molecule has 4 heteroatoms. The van der Waals surface area contributed by atoms with Crippen LogP contribution in [0.4, 0.5) is 0 Å². The van der Waals surface area contributed by atoms with Crippen LogP contribution in [0.5, 0.6) is 0 Å². The van der Waals surface area contributed by atoms with Gasteiger partial charge in [-0.25, -0.2) is 4.79 Å². The van der Waals surface area contributed by atoms with Crippen LogP contribution in [-0.2, 0) is 14.2 Å². The van der Waals surface area contributed by atoms with Gasteiger partial charge in [0.1, 0.15) is 6.10 Å². The number of carbonyl (C=O) groups excluding carboxylic acids is 1. The summed E-state index contributed by atoms with van der Waals surface area (Å²) in [6.07, 6.45) is 15.0. The summed E-state index contributed by atoms with van der Waals surface area (Å²) >= 11 is 0. The molecule has 3 fully saturated rings. The molecule has 0 aromatic heterocycles. The van der Waals surface area contributed by atoms with Gasteiger partial charge in [0, 0.05) is 25.4 Å². The molecule has 2 aliphatic heterocycles. The number of hydrogen-bond acceptors (Lipinski definition) is 4. The van der Waals surface area contributed by atoms with E-state index in [0.717, 1.165) is 50.0 Å². The zero-order valence-electron chi connectivity index (χ0n) is 21.6. The van der Waals surface area contributed by atoms with Crippen LogP contribution >= 0.6 is 0 Å². The lowest BCUT2D eigenvalue weighted by molar-refractivity contribution is -0.118. The van der Waals surface area contributed by atoms with E-state index in [1.165, 1.54) is 32.1 Å². The van der Waals surface area contributed by atoms with E-state index in [1.807, 2.05) is 42.5 Å². The van der Waals surface area contributed by atoms with Gasteiger partial charge in [-0.1, -0.05) is 93.6 Å². The van der Waals surface area contributed by atoms with Crippen LogP contribution in [0.15, 0.2) is 66.7 Å². The van der Waals surface area contributed by atoms with E-state index < -0.39 is 0 Å². The minimum Gasteiger partial charge on any atom is -0.458 e. The van der Waals surface area contributed by atoms with Crippen molar-refractivity contribution in [1.29, 1.82) is 0 Å². The largest absolute Gasteiger partial charge is 0.458 e. The van der Waals surface area contributed by atoms with Gasteiger partial charge in [-0.05, 0) is 42.0 Å². The van der Waals surface area contributed by atoms with Gasteiger partial charge in [-0.15, -0.1) is 0 Å². The SMILES string of the molecule is CCCCCCCC1(/C=C/[C@@H]2[C@H]3CCO[C@H]3C[C@H]2OC(=O)c2ccc(-c3ccccc3)cc2)CCO1. The molecule has 4 nitrogen and oxygen atoms in total.